The van der Waals surface area contributed by atoms with Gasteiger partial charge in [-0.25, -0.2) is 15.0 Å². The van der Waals surface area contributed by atoms with Crippen molar-refractivity contribution in [1.29, 1.82) is 0 Å². The van der Waals surface area contributed by atoms with Crippen molar-refractivity contribution in [2.75, 3.05) is 0 Å². The van der Waals surface area contributed by atoms with Crippen LogP contribution in [0.2, 0.25) is 0 Å². The lowest BCUT2D eigenvalue weighted by atomic mass is 9.96. The maximum atomic E-state index is 6.28. The van der Waals surface area contributed by atoms with E-state index in [1.165, 1.54) is 0 Å². The summed E-state index contributed by atoms with van der Waals surface area (Å²) in [6.45, 7) is 0. The van der Waals surface area contributed by atoms with E-state index < -0.39 is 0 Å². The number of para-hydroxylation sites is 3. The Morgan fingerprint density at radius 2 is 1.14 bits per heavy atom. The number of benzene rings is 6. The summed E-state index contributed by atoms with van der Waals surface area (Å²) >= 11 is 0. The van der Waals surface area contributed by atoms with Crippen molar-refractivity contribution in [3.05, 3.63) is 134 Å². The summed E-state index contributed by atoms with van der Waals surface area (Å²) in [5.74, 6) is 0. The molecule has 0 N–H and O–H groups in total. The lowest BCUT2D eigenvalue weighted by molar-refractivity contribution is 0.666. The molecule has 204 valence electrons. The van der Waals surface area contributed by atoms with Gasteiger partial charge >= 0.3 is 0 Å². The summed E-state index contributed by atoms with van der Waals surface area (Å²) in [5, 5.41) is 6.71. The molecule has 0 aliphatic rings. The van der Waals surface area contributed by atoms with Gasteiger partial charge in [0.2, 0.25) is 0 Å². The highest BCUT2D eigenvalue weighted by molar-refractivity contribution is 6.25. The molecule has 0 saturated carbocycles. The minimum Gasteiger partial charge on any atom is -0.455 e. The molecule has 5 heteroatoms. The van der Waals surface area contributed by atoms with Crippen molar-refractivity contribution in [2.24, 2.45) is 0 Å². The van der Waals surface area contributed by atoms with Gasteiger partial charge in [-0.3, -0.25) is 4.40 Å². The number of hydrogen-bond acceptors (Lipinski definition) is 4. The molecule has 0 spiro atoms. The van der Waals surface area contributed by atoms with Crippen LogP contribution in [-0.4, -0.2) is 19.4 Å². The van der Waals surface area contributed by atoms with E-state index in [4.69, 9.17) is 19.4 Å². The lowest BCUT2D eigenvalue weighted by Crippen LogP contribution is -1.96. The van der Waals surface area contributed by atoms with E-state index in [1.807, 2.05) is 60.7 Å². The Hall–Kier alpha value is -6.07. The number of aromatic nitrogens is 4. The van der Waals surface area contributed by atoms with Crippen molar-refractivity contribution in [1.82, 2.24) is 19.4 Å². The quantitative estimate of drug-likeness (QED) is 0.197. The van der Waals surface area contributed by atoms with Gasteiger partial charge in [-0.2, -0.15) is 0 Å². The van der Waals surface area contributed by atoms with Crippen LogP contribution >= 0.6 is 0 Å². The van der Waals surface area contributed by atoms with E-state index in [2.05, 4.69) is 77.3 Å². The first-order valence-corrected chi connectivity index (χ1v) is 14.7. The van der Waals surface area contributed by atoms with Gasteiger partial charge in [0.1, 0.15) is 11.2 Å². The Labute approximate surface area is 250 Å². The highest BCUT2D eigenvalue weighted by Gasteiger charge is 2.19. The average molecular weight is 563 g/mol. The second-order valence-corrected chi connectivity index (χ2v) is 11.3. The predicted molar refractivity (Wildman–Crippen MR) is 179 cm³/mol. The Bertz CT molecular complexity index is 2780. The number of imidazole rings is 1. The molecule has 4 aromatic heterocycles. The molecule has 0 saturated heterocycles. The number of hydrogen-bond donors (Lipinski definition) is 0. The average Bonchev–Trinajstić information content (AvgIpc) is 3.65. The number of pyridine rings is 1. The van der Waals surface area contributed by atoms with Crippen molar-refractivity contribution in [3.8, 4) is 22.5 Å². The Balaban J connectivity index is 1.31. The molecular weight excluding hydrogens is 540 g/mol. The van der Waals surface area contributed by atoms with E-state index in [9.17, 15) is 0 Å². The number of fused-ring (bicyclic) bond motifs is 12. The summed E-state index contributed by atoms with van der Waals surface area (Å²) in [6.07, 6.45) is 2.09. The first-order chi connectivity index (χ1) is 21.8. The summed E-state index contributed by atoms with van der Waals surface area (Å²) in [5.41, 5.74) is 10.2. The fraction of sp³-hybridized carbons (Fsp3) is 0. The first-order valence-electron chi connectivity index (χ1n) is 14.7. The third kappa shape index (κ3) is 3.26. The molecule has 0 radical (unpaired) electrons. The number of furan rings is 1. The molecular formula is C39H22N4O. The number of rotatable bonds is 2. The highest BCUT2D eigenvalue weighted by atomic mass is 16.3. The Kier molecular flexibility index (Phi) is 4.66. The van der Waals surface area contributed by atoms with Crippen LogP contribution in [0.4, 0.5) is 0 Å². The molecule has 44 heavy (non-hydrogen) atoms. The fourth-order valence-electron chi connectivity index (χ4n) is 6.75. The van der Waals surface area contributed by atoms with Gasteiger partial charge < -0.3 is 4.42 Å². The number of nitrogens with zero attached hydrogens (tertiary/aromatic N) is 4. The zero-order valence-corrected chi connectivity index (χ0v) is 23.4. The second kappa shape index (κ2) is 8.72. The van der Waals surface area contributed by atoms with Gasteiger partial charge in [-0.15, -0.1) is 0 Å². The molecule has 5 nitrogen and oxygen atoms in total. The Morgan fingerprint density at radius 1 is 0.455 bits per heavy atom. The first kappa shape index (κ1) is 23.5. The van der Waals surface area contributed by atoms with Crippen LogP contribution in [0, 0.1) is 0 Å². The van der Waals surface area contributed by atoms with Crippen molar-refractivity contribution >= 4 is 71.2 Å². The minimum absolute atomic E-state index is 0.842. The smallest absolute Gasteiger partial charge is 0.152 e. The molecule has 10 rings (SSSR count). The zero-order chi connectivity index (χ0) is 28.8. The van der Waals surface area contributed by atoms with Crippen LogP contribution in [0.3, 0.4) is 0 Å². The lowest BCUT2D eigenvalue weighted by Gasteiger charge is -2.13. The van der Waals surface area contributed by atoms with Gasteiger partial charge in [-0.05, 0) is 41.1 Å². The van der Waals surface area contributed by atoms with Gasteiger partial charge in [0.25, 0.3) is 0 Å². The normalized spacial score (nSPS) is 12.1. The molecule has 0 aliphatic carbocycles. The maximum absolute atomic E-state index is 6.28. The molecule has 0 atom stereocenters. The Morgan fingerprint density at radius 3 is 1.95 bits per heavy atom. The fourth-order valence-corrected chi connectivity index (χ4v) is 6.75. The van der Waals surface area contributed by atoms with Crippen LogP contribution in [-0.2, 0) is 0 Å². The van der Waals surface area contributed by atoms with Crippen LogP contribution in [0.1, 0.15) is 0 Å². The van der Waals surface area contributed by atoms with Crippen molar-refractivity contribution in [3.63, 3.8) is 0 Å². The van der Waals surface area contributed by atoms with E-state index in [-0.39, 0.29) is 0 Å². The summed E-state index contributed by atoms with van der Waals surface area (Å²) in [7, 11) is 0. The maximum Gasteiger partial charge on any atom is 0.152 e. The van der Waals surface area contributed by atoms with Gasteiger partial charge in [0.15, 0.2) is 5.58 Å². The highest BCUT2D eigenvalue weighted by Crippen LogP contribution is 2.40. The monoisotopic (exact) mass is 562 g/mol. The summed E-state index contributed by atoms with van der Waals surface area (Å²) < 4.78 is 8.46. The molecule has 0 amide bonds. The topological polar surface area (TPSA) is 56.2 Å². The molecule has 0 fully saturated rings. The van der Waals surface area contributed by atoms with Crippen LogP contribution in [0.25, 0.3) is 93.7 Å². The SMILES string of the molecule is c1ccc(-c2nc3ccccc3nc2-c2ccc3c(c2)c2ccccc2c2nc4cc5c(cn4c32)oc2ccccc25)cc1. The van der Waals surface area contributed by atoms with Crippen molar-refractivity contribution < 1.29 is 4.42 Å². The third-order valence-electron chi connectivity index (χ3n) is 8.76. The molecule has 0 bridgehead atoms. The van der Waals surface area contributed by atoms with Gasteiger partial charge in [0, 0.05) is 32.7 Å². The van der Waals surface area contributed by atoms with E-state index in [0.29, 0.717) is 0 Å². The zero-order valence-electron chi connectivity index (χ0n) is 23.4. The van der Waals surface area contributed by atoms with Crippen molar-refractivity contribution in [2.45, 2.75) is 0 Å². The van der Waals surface area contributed by atoms with E-state index in [0.717, 1.165) is 93.7 Å². The molecule has 4 heterocycles. The largest absolute Gasteiger partial charge is 0.455 e. The van der Waals surface area contributed by atoms with Gasteiger partial charge in [0.05, 0.1) is 39.7 Å². The predicted octanol–water partition coefficient (Wildman–Crippen LogP) is 9.97. The summed E-state index contributed by atoms with van der Waals surface area (Å²) in [4.78, 5) is 15.5. The van der Waals surface area contributed by atoms with E-state index >= 15 is 0 Å². The summed E-state index contributed by atoms with van der Waals surface area (Å²) in [6, 6.07) is 43.9. The third-order valence-corrected chi connectivity index (χ3v) is 8.76. The molecule has 0 unspecified atom stereocenters. The molecule has 10 aromatic rings. The van der Waals surface area contributed by atoms with E-state index in [1.54, 1.807) is 0 Å². The molecule has 0 aliphatic heterocycles. The standard InChI is InChI=1S/C39H22N4O/c1-2-10-23(11-3-1)36-37(41-32-16-8-7-15-31(32)40-36)24-18-19-28-29(20-24)25-12-4-5-14-27(25)38-39(28)43-22-34-30(21-35(43)42-38)26-13-6-9-17-33(26)44-34/h1-22H. The van der Waals surface area contributed by atoms with Crippen LogP contribution in [0.5, 0.6) is 0 Å². The van der Waals surface area contributed by atoms with Crippen LogP contribution in [0.15, 0.2) is 138 Å². The minimum atomic E-state index is 0.842. The van der Waals surface area contributed by atoms with Crippen LogP contribution < -0.4 is 0 Å². The second-order valence-electron chi connectivity index (χ2n) is 11.3. The molecule has 6 aromatic carbocycles. The van der Waals surface area contributed by atoms with Gasteiger partial charge in [-0.1, -0.05) is 97.1 Å².